The number of halogens is 5. The molecule has 0 fully saturated rings. The highest BCUT2D eigenvalue weighted by Gasteiger charge is 2.33. The Balaban J connectivity index is 1.98. The van der Waals surface area contributed by atoms with Gasteiger partial charge in [-0.2, -0.15) is 13.2 Å². The number of anilines is 1. The summed E-state index contributed by atoms with van der Waals surface area (Å²) in [4.78, 5) is 11.8. The second-order valence-corrected chi connectivity index (χ2v) is 6.12. The summed E-state index contributed by atoms with van der Waals surface area (Å²) in [6, 6.07) is 8.21. The van der Waals surface area contributed by atoms with Crippen LogP contribution < -0.4 is 10.1 Å². The van der Waals surface area contributed by atoms with Crippen molar-refractivity contribution in [1.82, 2.24) is 0 Å². The van der Waals surface area contributed by atoms with Gasteiger partial charge in [-0.15, -0.1) is 0 Å². The molecule has 0 aliphatic rings. The summed E-state index contributed by atoms with van der Waals surface area (Å²) in [5.74, 6) is -1.15. The van der Waals surface area contributed by atoms with Crippen molar-refractivity contribution in [2.45, 2.75) is 12.3 Å². The number of carbonyl (C=O) groups excluding carboxylic acids is 1. The lowest BCUT2D eigenvalue weighted by atomic mass is 10.2. The largest absolute Gasteiger partial charge is 0.490 e. The third-order valence-electron chi connectivity index (χ3n) is 3.06. The minimum absolute atomic E-state index is 0.0108. The average Bonchev–Trinajstić information content (AvgIpc) is 2.54. The van der Waals surface area contributed by atoms with Crippen molar-refractivity contribution in [2.75, 3.05) is 11.9 Å². The Bertz CT molecular complexity index is 750. The van der Waals surface area contributed by atoms with E-state index in [1.165, 1.54) is 24.3 Å². The van der Waals surface area contributed by atoms with Crippen LogP contribution in [0.2, 0.25) is 0 Å². The first-order valence-corrected chi connectivity index (χ1v) is 7.99. The number of rotatable bonds is 5. The van der Waals surface area contributed by atoms with E-state index in [2.05, 4.69) is 5.32 Å². The summed E-state index contributed by atoms with van der Waals surface area (Å²) in [6.45, 7) is -0.437. The molecule has 0 bridgehead atoms. The van der Waals surface area contributed by atoms with E-state index in [9.17, 15) is 27.5 Å². The molecule has 0 spiro atoms. The molecule has 0 saturated heterocycles. The molecule has 1 amide bonds. The van der Waals surface area contributed by atoms with E-state index in [0.29, 0.717) is 0 Å². The van der Waals surface area contributed by atoms with E-state index in [-0.39, 0.29) is 15.0 Å². The second kappa shape index (κ2) is 8.00. The van der Waals surface area contributed by atoms with Crippen LogP contribution in [-0.4, -0.2) is 23.7 Å². The Morgan fingerprint density at radius 3 is 2.44 bits per heavy atom. The van der Waals surface area contributed by atoms with E-state index in [1.54, 1.807) is 22.6 Å². The predicted molar refractivity (Wildman–Crippen MR) is 90.7 cm³/mol. The first-order chi connectivity index (χ1) is 11.7. The molecule has 1 atom stereocenters. The average molecular weight is 469 g/mol. The fourth-order valence-electron chi connectivity index (χ4n) is 1.83. The monoisotopic (exact) mass is 469 g/mol. The molecule has 0 aromatic heterocycles. The summed E-state index contributed by atoms with van der Waals surface area (Å²) < 4.78 is 56.4. The molecular formula is C16H12F4INO3. The molecule has 2 aromatic rings. The molecule has 0 aliphatic carbocycles. The summed E-state index contributed by atoms with van der Waals surface area (Å²) in [5, 5.41) is 11.9. The van der Waals surface area contributed by atoms with Crippen LogP contribution in [0, 0.1) is 9.39 Å². The number of hydrogen-bond acceptors (Lipinski definition) is 3. The highest BCUT2D eigenvalue weighted by Crippen LogP contribution is 2.34. The fraction of sp³-hybridized carbons (Fsp3) is 0.188. The van der Waals surface area contributed by atoms with E-state index in [0.717, 1.165) is 18.2 Å². The second-order valence-electron chi connectivity index (χ2n) is 4.96. The van der Waals surface area contributed by atoms with E-state index in [1.807, 2.05) is 0 Å². The highest BCUT2D eigenvalue weighted by molar-refractivity contribution is 14.1. The van der Waals surface area contributed by atoms with E-state index < -0.39 is 36.2 Å². The molecule has 9 heteroatoms. The maximum atomic E-state index is 12.8. The topological polar surface area (TPSA) is 58.6 Å². The zero-order chi connectivity index (χ0) is 18.6. The van der Waals surface area contributed by atoms with Crippen molar-refractivity contribution in [3.8, 4) is 5.75 Å². The molecule has 0 unspecified atom stereocenters. The van der Waals surface area contributed by atoms with Gasteiger partial charge in [0.25, 0.3) is 5.91 Å². The van der Waals surface area contributed by atoms with Crippen molar-refractivity contribution in [2.24, 2.45) is 0 Å². The molecule has 25 heavy (non-hydrogen) atoms. The highest BCUT2D eigenvalue weighted by atomic mass is 127. The van der Waals surface area contributed by atoms with Crippen molar-refractivity contribution in [1.29, 1.82) is 0 Å². The Labute approximate surface area is 153 Å². The van der Waals surface area contributed by atoms with Gasteiger partial charge in [-0.25, -0.2) is 4.39 Å². The van der Waals surface area contributed by atoms with Crippen LogP contribution in [-0.2, 0) is 11.0 Å². The van der Waals surface area contributed by atoms with Gasteiger partial charge in [-0.1, -0.05) is 0 Å². The Morgan fingerprint density at radius 2 is 1.84 bits per heavy atom. The Kier molecular flexibility index (Phi) is 6.22. The normalized spacial score (nSPS) is 12.6. The fourth-order valence-corrected chi connectivity index (χ4v) is 2.47. The van der Waals surface area contributed by atoms with Crippen LogP contribution in [0.4, 0.5) is 23.2 Å². The molecule has 0 saturated carbocycles. The van der Waals surface area contributed by atoms with Crippen molar-refractivity contribution in [3.05, 3.63) is 57.4 Å². The quantitative estimate of drug-likeness (QED) is 0.518. The van der Waals surface area contributed by atoms with Gasteiger partial charge in [-0.05, 0) is 65.1 Å². The standard InChI is InChI=1S/C16H12F4INO3/c17-9-1-4-11(5-2-9)25-8-14(23)15(24)22-10-3-6-13(21)12(7-10)16(18,19)20/h1-7,14,23H,8H2,(H,22,24)/t14-/m0/s1. The lowest BCUT2D eigenvalue weighted by Gasteiger charge is -2.15. The maximum Gasteiger partial charge on any atom is 0.417 e. The van der Waals surface area contributed by atoms with Gasteiger partial charge >= 0.3 is 6.18 Å². The molecular weight excluding hydrogens is 457 g/mol. The van der Waals surface area contributed by atoms with Crippen LogP contribution in [0.3, 0.4) is 0 Å². The third kappa shape index (κ3) is 5.56. The zero-order valence-corrected chi connectivity index (χ0v) is 14.6. The van der Waals surface area contributed by atoms with Crippen LogP contribution in [0.25, 0.3) is 0 Å². The molecule has 0 heterocycles. The minimum Gasteiger partial charge on any atom is -0.490 e. The van der Waals surface area contributed by atoms with E-state index >= 15 is 0 Å². The van der Waals surface area contributed by atoms with Crippen LogP contribution in [0.15, 0.2) is 42.5 Å². The number of benzene rings is 2. The Morgan fingerprint density at radius 1 is 1.20 bits per heavy atom. The molecule has 0 radical (unpaired) electrons. The van der Waals surface area contributed by atoms with Crippen LogP contribution in [0.5, 0.6) is 5.75 Å². The van der Waals surface area contributed by atoms with Crippen molar-refractivity contribution >= 4 is 34.2 Å². The van der Waals surface area contributed by atoms with Crippen molar-refractivity contribution < 1.29 is 32.2 Å². The number of ether oxygens (including phenoxy) is 1. The van der Waals surface area contributed by atoms with Crippen LogP contribution in [0.1, 0.15) is 5.56 Å². The molecule has 2 aromatic carbocycles. The van der Waals surface area contributed by atoms with Gasteiger partial charge in [0.2, 0.25) is 0 Å². The number of aliphatic hydroxyl groups excluding tert-OH is 1. The summed E-state index contributed by atoms with van der Waals surface area (Å²) >= 11 is 1.54. The summed E-state index contributed by atoms with van der Waals surface area (Å²) in [5.41, 5.74) is -0.985. The lowest BCUT2D eigenvalue weighted by molar-refractivity contribution is -0.138. The predicted octanol–water partition coefficient (Wildman–Crippen LogP) is 3.83. The summed E-state index contributed by atoms with van der Waals surface area (Å²) in [7, 11) is 0. The van der Waals surface area contributed by atoms with Gasteiger partial charge in [0.15, 0.2) is 6.10 Å². The first kappa shape index (κ1) is 19.4. The van der Waals surface area contributed by atoms with Crippen LogP contribution >= 0.6 is 22.6 Å². The molecule has 2 rings (SSSR count). The Hall–Kier alpha value is -1.88. The van der Waals surface area contributed by atoms with E-state index in [4.69, 9.17) is 4.74 Å². The smallest absolute Gasteiger partial charge is 0.417 e. The van der Waals surface area contributed by atoms with Gasteiger partial charge in [0.05, 0.1) is 5.56 Å². The lowest BCUT2D eigenvalue weighted by Crippen LogP contribution is -2.33. The maximum absolute atomic E-state index is 12.8. The molecule has 4 nitrogen and oxygen atoms in total. The number of alkyl halides is 3. The number of hydrogen-bond donors (Lipinski definition) is 2. The summed E-state index contributed by atoms with van der Waals surface area (Å²) in [6.07, 6.45) is -6.17. The van der Waals surface area contributed by atoms with Gasteiger partial charge in [0, 0.05) is 9.26 Å². The van der Waals surface area contributed by atoms with Crippen molar-refractivity contribution in [3.63, 3.8) is 0 Å². The molecule has 134 valence electrons. The number of carbonyl (C=O) groups is 1. The molecule has 2 N–H and O–H groups in total. The number of amides is 1. The first-order valence-electron chi connectivity index (χ1n) is 6.91. The van der Waals surface area contributed by atoms with Gasteiger partial charge in [0.1, 0.15) is 18.2 Å². The third-order valence-corrected chi connectivity index (χ3v) is 4.00. The molecule has 0 aliphatic heterocycles. The van der Waals surface area contributed by atoms with Gasteiger partial charge in [-0.3, -0.25) is 4.79 Å². The number of aliphatic hydroxyl groups is 1. The number of nitrogens with one attached hydrogen (secondary N) is 1. The minimum atomic E-state index is -4.55. The van der Waals surface area contributed by atoms with Gasteiger partial charge < -0.3 is 15.2 Å². The zero-order valence-electron chi connectivity index (χ0n) is 12.5. The SMILES string of the molecule is O=C(Nc1ccc(I)c(C(F)(F)F)c1)[C@@H](O)COc1ccc(F)cc1.